The molecule has 2 aromatic heterocycles. The minimum Gasteiger partial charge on any atom is -0.378 e. The number of anilines is 3. The molecule has 1 aliphatic heterocycles. The van der Waals surface area contributed by atoms with E-state index in [4.69, 9.17) is 10.5 Å². The highest BCUT2D eigenvalue weighted by Crippen LogP contribution is 2.27. The number of benzene rings is 2. The van der Waals surface area contributed by atoms with Crippen LogP contribution < -0.4 is 16.0 Å². The number of aromatic nitrogens is 4. The van der Waals surface area contributed by atoms with E-state index in [1.165, 1.54) is 5.69 Å². The lowest BCUT2D eigenvalue weighted by molar-refractivity contribution is 0.0987. The number of hydrogen-bond donors (Lipinski definition) is 2. The van der Waals surface area contributed by atoms with E-state index in [1.54, 1.807) is 34.9 Å². The Bertz CT molecular complexity index is 1290. The van der Waals surface area contributed by atoms with Crippen molar-refractivity contribution in [1.82, 2.24) is 19.5 Å². The van der Waals surface area contributed by atoms with Crippen LogP contribution in [0.1, 0.15) is 16.2 Å². The average molecular weight is 488 g/mol. The standard InChI is InChI=1S/C25H25N7O2S/c26-23(33)24-27-11-12-32(24)17-18-1-7-21(8-2-18)35-22-9-10-28-25(30-22)29-19-3-5-20(6-4-19)31-13-15-34-16-14-31/h1-12H,13-17H2,(H2,26,33)(H,28,29,30). The van der Waals surface area contributed by atoms with Crippen LogP contribution in [0.5, 0.6) is 0 Å². The van der Waals surface area contributed by atoms with Gasteiger partial charge in [0.05, 0.1) is 13.2 Å². The Morgan fingerprint density at radius 2 is 1.77 bits per heavy atom. The minimum atomic E-state index is -0.539. The highest BCUT2D eigenvalue weighted by molar-refractivity contribution is 7.99. The van der Waals surface area contributed by atoms with Gasteiger partial charge in [-0.05, 0) is 48.0 Å². The molecule has 4 aromatic rings. The highest BCUT2D eigenvalue weighted by Gasteiger charge is 2.11. The quantitative estimate of drug-likeness (QED) is 0.363. The zero-order valence-electron chi connectivity index (χ0n) is 19.0. The van der Waals surface area contributed by atoms with Gasteiger partial charge in [-0.15, -0.1) is 0 Å². The molecule has 0 radical (unpaired) electrons. The molecule has 3 heterocycles. The molecule has 1 saturated heterocycles. The largest absolute Gasteiger partial charge is 0.378 e. The van der Waals surface area contributed by atoms with Crippen LogP contribution in [-0.2, 0) is 11.3 Å². The number of nitrogens with one attached hydrogen (secondary N) is 1. The predicted molar refractivity (Wildman–Crippen MR) is 135 cm³/mol. The van der Waals surface area contributed by atoms with Crippen molar-refractivity contribution in [3.05, 3.63) is 84.6 Å². The summed E-state index contributed by atoms with van der Waals surface area (Å²) in [5.74, 6) is 0.258. The summed E-state index contributed by atoms with van der Waals surface area (Å²) in [6, 6.07) is 18.3. The molecule has 10 heteroatoms. The van der Waals surface area contributed by atoms with E-state index >= 15 is 0 Å². The van der Waals surface area contributed by atoms with Gasteiger partial charge in [-0.25, -0.2) is 15.0 Å². The van der Waals surface area contributed by atoms with Crippen molar-refractivity contribution >= 4 is 35.0 Å². The Balaban J connectivity index is 1.20. The Morgan fingerprint density at radius 1 is 1.00 bits per heavy atom. The Kier molecular flexibility index (Phi) is 6.92. The summed E-state index contributed by atoms with van der Waals surface area (Å²) < 4.78 is 7.16. The topological polar surface area (TPSA) is 111 Å². The van der Waals surface area contributed by atoms with Crippen LogP contribution in [-0.4, -0.2) is 51.7 Å². The monoisotopic (exact) mass is 487 g/mol. The molecule has 0 aliphatic carbocycles. The zero-order valence-corrected chi connectivity index (χ0v) is 19.8. The van der Waals surface area contributed by atoms with Gasteiger partial charge >= 0.3 is 0 Å². The second kappa shape index (κ2) is 10.6. The molecule has 1 amide bonds. The van der Waals surface area contributed by atoms with Gasteiger partial charge in [0.2, 0.25) is 5.95 Å². The maximum atomic E-state index is 11.5. The lowest BCUT2D eigenvalue weighted by Gasteiger charge is -2.28. The summed E-state index contributed by atoms with van der Waals surface area (Å²) in [6.45, 7) is 3.88. The number of rotatable bonds is 8. The fourth-order valence-electron chi connectivity index (χ4n) is 3.81. The molecule has 1 fully saturated rings. The molecule has 5 rings (SSSR count). The van der Waals surface area contributed by atoms with Gasteiger partial charge in [0.15, 0.2) is 5.82 Å². The molecular formula is C25H25N7O2S. The first-order valence-corrected chi connectivity index (χ1v) is 12.1. The number of primary amides is 1. The van der Waals surface area contributed by atoms with E-state index in [1.807, 2.05) is 42.5 Å². The van der Waals surface area contributed by atoms with Gasteiger partial charge in [0, 0.05) is 54.5 Å². The number of hydrogen-bond acceptors (Lipinski definition) is 8. The van der Waals surface area contributed by atoms with Crippen LogP contribution in [0.4, 0.5) is 17.3 Å². The maximum Gasteiger partial charge on any atom is 0.284 e. The van der Waals surface area contributed by atoms with Crippen molar-refractivity contribution in [1.29, 1.82) is 0 Å². The Hall–Kier alpha value is -3.89. The molecule has 0 bridgehead atoms. The van der Waals surface area contributed by atoms with E-state index in [9.17, 15) is 4.79 Å². The van der Waals surface area contributed by atoms with Crippen molar-refractivity contribution in [2.24, 2.45) is 5.73 Å². The zero-order chi connectivity index (χ0) is 24.0. The van der Waals surface area contributed by atoms with Crippen LogP contribution in [0.25, 0.3) is 0 Å². The number of imidazole rings is 1. The normalized spacial score (nSPS) is 13.5. The number of morpholine rings is 1. The van der Waals surface area contributed by atoms with E-state index < -0.39 is 5.91 Å². The first-order chi connectivity index (χ1) is 17.1. The van der Waals surface area contributed by atoms with E-state index in [-0.39, 0.29) is 5.82 Å². The van der Waals surface area contributed by atoms with Crippen LogP contribution in [0.2, 0.25) is 0 Å². The van der Waals surface area contributed by atoms with Crippen LogP contribution in [0.3, 0.4) is 0 Å². The van der Waals surface area contributed by atoms with Gasteiger partial charge in [0.25, 0.3) is 5.91 Å². The Morgan fingerprint density at radius 3 is 2.51 bits per heavy atom. The predicted octanol–water partition coefficient (Wildman–Crippen LogP) is 3.55. The molecule has 2 aromatic carbocycles. The third-order valence-electron chi connectivity index (χ3n) is 5.56. The second-order valence-corrected chi connectivity index (χ2v) is 9.07. The SMILES string of the molecule is NC(=O)c1nccn1Cc1ccc(Sc2ccnc(Nc3ccc(N4CCOCC4)cc3)n2)cc1. The van der Waals surface area contributed by atoms with Crippen molar-refractivity contribution in [2.45, 2.75) is 16.5 Å². The molecule has 35 heavy (non-hydrogen) atoms. The van der Waals surface area contributed by atoms with Gasteiger partial charge in [-0.2, -0.15) is 0 Å². The number of nitrogens with zero attached hydrogens (tertiary/aromatic N) is 5. The number of amides is 1. The summed E-state index contributed by atoms with van der Waals surface area (Å²) in [6.07, 6.45) is 5.07. The van der Waals surface area contributed by atoms with Crippen LogP contribution in [0.15, 0.2) is 83.1 Å². The third-order valence-corrected chi connectivity index (χ3v) is 6.51. The first kappa shape index (κ1) is 22.9. The number of nitrogens with two attached hydrogens (primary N) is 1. The summed E-state index contributed by atoms with van der Waals surface area (Å²) in [5.41, 5.74) is 8.53. The number of carbonyl (C=O) groups excluding carboxylic acids is 1. The van der Waals surface area contributed by atoms with E-state index in [2.05, 4.69) is 37.3 Å². The van der Waals surface area contributed by atoms with Crippen molar-refractivity contribution in [3.8, 4) is 0 Å². The molecule has 9 nitrogen and oxygen atoms in total. The fraction of sp³-hybridized carbons (Fsp3) is 0.200. The molecular weight excluding hydrogens is 462 g/mol. The lowest BCUT2D eigenvalue weighted by atomic mass is 10.2. The summed E-state index contributed by atoms with van der Waals surface area (Å²) >= 11 is 1.56. The molecule has 0 atom stereocenters. The van der Waals surface area contributed by atoms with Gasteiger partial charge in [0.1, 0.15) is 5.03 Å². The number of ether oxygens (including phenoxy) is 1. The van der Waals surface area contributed by atoms with Crippen molar-refractivity contribution < 1.29 is 9.53 Å². The van der Waals surface area contributed by atoms with Crippen molar-refractivity contribution in [3.63, 3.8) is 0 Å². The van der Waals surface area contributed by atoms with E-state index in [0.717, 1.165) is 47.5 Å². The summed E-state index contributed by atoms with van der Waals surface area (Å²) in [5, 5.41) is 4.12. The lowest BCUT2D eigenvalue weighted by Crippen LogP contribution is -2.36. The second-order valence-electron chi connectivity index (χ2n) is 7.98. The molecule has 1 aliphatic rings. The van der Waals surface area contributed by atoms with Gasteiger partial charge in [-0.1, -0.05) is 23.9 Å². The highest BCUT2D eigenvalue weighted by atomic mass is 32.2. The Labute approximate surface area is 207 Å². The van der Waals surface area contributed by atoms with Crippen LogP contribution >= 0.6 is 11.8 Å². The minimum absolute atomic E-state index is 0.250. The molecule has 0 saturated carbocycles. The van der Waals surface area contributed by atoms with Crippen molar-refractivity contribution in [2.75, 3.05) is 36.5 Å². The molecule has 0 spiro atoms. The van der Waals surface area contributed by atoms with Gasteiger partial charge in [-0.3, -0.25) is 4.79 Å². The third kappa shape index (κ3) is 5.79. The fourth-order valence-corrected chi connectivity index (χ4v) is 4.58. The molecule has 0 unspecified atom stereocenters. The number of carbonyl (C=O) groups is 1. The summed E-state index contributed by atoms with van der Waals surface area (Å²) in [7, 11) is 0. The maximum absolute atomic E-state index is 11.5. The molecule has 3 N–H and O–H groups in total. The average Bonchev–Trinajstić information content (AvgIpc) is 3.35. The summed E-state index contributed by atoms with van der Waals surface area (Å²) in [4.78, 5) is 27.8. The smallest absolute Gasteiger partial charge is 0.284 e. The van der Waals surface area contributed by atoms with Gasteiger partial charge < -0.3 is 25.3 Å². The molecule has 178 valence electrons. The first-order valence-electron chi connectivity index (χ1n) is 11.2. The van der Waals surface area contributed by atoms with E-state index in [0.29, 0.717) is 12.5 Å². The van der Waals surface area contributed by atoms with Crippen LogP contribution in [0, 0.1) is 0 Å².